The number of alkyl halides is 2. The summed E-state index contributed by atoms with van der Waals surface area (Å²) in [4.78, 5) is 12.1. The Labute approximate surface area is 138 Å². The molecule has 0 aliphatic heterocycles. The molecule has 1 atom stereocenters. The van der Waals surface area contributed by atoms with Crippen LogP contribution in [0.4, 0.5) is 8.78 Å². The fraction of sp³-hybridized carbons (Fsp3) is 0.941. The number of esters is 1. The van der Waals surface area contributed by atoms with Crippen LogP contribution in [0.1, 0.15) is 72.6 Å². The van der Waals surface area contributed by atoms with Gasteiger partial charge >= 0.3 is 5.97 Å². The summed E-state index contributed by atoms with van der Waals surface area (Å²) in [5, 5.41) is -0.146. The van der Waals surface area contributed by atoms with Gasteiger partial charge in [-0.25, -0.2) is 8.78 Å². The van der Waals surface area contributed by atoms with Crippen LogP contribution in [0.2, 0.25) is 0 Å². The lowest BCUT2D eigenvalue weighted by molar-refractivity contribution is -0.144. The second-order valence-corrected chi connectivity index (χ2v) is 7.72. The molecular formula is C17H32F2O2S. The maximum Gasteiger partial charge on any atom is 0.319 e. The number of unbranched alkanes of at least 4 members (excludes halogenated alkanes) is 3. The van der Waals surface area contributed by atoms with E-state index in [1.54, 1.807) is 11.8 Å². The predicted octanol–water partition coefficient (Wildman–Crippen LogP) is 5.69. The zero-order valence-corrected chi connectivity index (χ0v) is 15.3. The average molecular weight is 339 g/mol. The number of carbonyl (C=O) groups is 1. The Morgan fingerprint density at radius 2 is 1.86 bits per heavy atom. The number of rotatable bonds is 13. The molecule has 1 unspecified atom stereocenters. The van der Waals surface area contributed by atoms with Crippen molar-refractivity contribution in [3.8, 4) is 0 Å². The number of ether oxygens (including phenoxy) is 1. The second-order valence-electron chi connectivity index (χ2n) is 6.41. The molecule has 0 radical (unpaired) electrons. The van der Waals surface area contributed by atoms with Crippen molar-refractivity contribution in [2.45, 2.75) is 83.8 Å². The summed E-state index contributed by atoms with van der Waals surface area (Å²) >= 11 is 1.56. The fourth-order valence-electron chi connectivity index (χ4n) is 1.95. The molecule has 0 aromatic rings. The number of halogens is 2. The van der Waals surface area contributed by atoms with Crippen molar-refractivity contribution in [3.05, 3.63) is 0 Å². The van der Waals surface area contributed by atoms with E-state index in [2.05, 4.69) is 6.92 Å². The van der Waals surface area contributed by atoms with E-state index in [0.717, 1.165) is 44.8 Å². The number of carbonyl (C=O) groups excluding carboxylic acids is 1. The van der Waals surface area contributed by atoms with Crippen LogP contribution in [-0.2, 0) is 9.53 Å². The highest BCUT2D eigenvalue weighted by molar-refractivity contribution is 8.00. The second kappa shape index (κ2) is 12.1. The van der Waals surface area contributed by atoms with Gasteiger partial charge in [-0.2, -0.15) is 0 Å². The predicted molar refractivity (Wildman–Crippen MR) is 90.7 cm³/mol. The topological polar surface area (TPSA) is 26.3 Å². The summed E-state index contributed by atoms with van der Waals surface area (Å²) in [6.07, 6.45) is 5.19. The van der Waals surface area contributed by atoms with Crippen molar-refractivity contribution < 1.29 is 18.3 Å². The van der Waals surface area contributed by atoms with E-state index in [0.29, 0.717) is 18.9 Å². The average Bonchev–Trinajstić information content (AvgIpc) is 2.41. The van der Waals surface area contributed by atoms with Gasteiger partial charge in [0, 0.05) is 6.42 Å². The van der Waals surface area contributed by atoms with Crippen LogP contribution in [0.3, 0.4) is 0 Å². The quantitative estimate of drug-likeness (QED) is 0.318. The van der Waals surface area contributed by atoms with Crippen LogP contribution in [0, 0.1) is 5.92 Å². The minimum Gasteiger partial charge on any atom is -0.465 e. The van der Waals surface area contributed by atoms with E-state index in [1.807, 2.05) is 13.8 Å². The molecule has 0 aliphatic carbocycles. The van der Waals surface area contributed by atoms with Crippen molar-refractivity contribution >= 4 is 17.7 Å². The smallest absolute Gasteiger partial charge is 0.319 e. The van der Waals surface area contributed by atoms with Crippen LogP contribution in [0.5, 0.6) is 0 Å². The van der Waals surface area contributed by atoms with Gasteiger partial charge in [-0.15, -0.1) is 11.8 Å². The number of hydrogen-bond acceptors (Lipinski definition) is 3. The molecule has 0 bridgehead atoms. The summed E-state index contributed by atoms with van der Waals surface area (Å²) < 4.78 is 30.8. The van der Waals surface area contributed by atoms with E-state index < -0.39 is 5.92 Å². The molecule has 22 heavy (non-hydrogen) atoms. The van der Waals surface area contributed by atoms with Crippen molar-refractivity contribution in [2.75, 3.05) is 12.4 Å². The molecule has 0 aromatic heterocycles. The molecule has 0 heterocycles. The molecular weight excluding hydrogens is 306 g/mol. The van der Waals surface area contributed by atoms with Gasteiger partial charge in [-0.3, -0.25) is 4.79 Å². The molecule has 0 aliphatic rings. The first-order valence-corrected chi connectivity index (χ1v) is 9.47. The molecule has 0 saturated heterocycles. The maximum atomic E-state index is 12.7. The Hall–Kier alpha value is -0.320. The van der Waals surface area contributed by atoms with Crippen molar-refractivity contribution in [1.82, 2.24) is 0 Å². The normalized spacial score (nSPS) is 13.4. The van der Waals surface area contributed by atoms with E-state index in [-0.39, 0.29) is 17.6 Å². The van der Waals surface area contributed by atoms with Crippen LogP contribution in [0.25, 0.3) is 0 Å². The van der Waals surface area contributed by atoms with Crippen LogP contribution in [-0.4, -0.2) is 29.5 Å². The minimum atomic E-state index is -2.58. The van der Waals surface area contributed by atoms with Crippen LogP contribution >= 0.6 is 11.8 Å². The van der Waals surface area contributed by atoms with E-state index in [1.165, 1.54) is 0 Å². The standard InChI is InChI=1S/C17H32F2O2S/c1-5-6-7-10-15(16(20)21-13-14(2)3)22-12-9-8-11-17(4,18)19/h14-15H,5-13H2,1-4H3. The highest BCUT2D eigenvalue weighted by Gasteiger charge is 2.22. The van der Waals surface area contributed by atoms with Gasteiger partial charge < -0.3 is 4.74 Å². The summed E-state index contributed by atoms with van der Waals surface area (Å²) in [6, 6.07) is 0. The molecule has 0 rings (SSSR count). The van der Waals surface area contributed by atoms with Gasteiger partial charge in [0.2, 0.25) is 5.92 Å². The lowest BCUT2D eigenvalue weighted by atomic mass is 10.1. The molecule has 2 nitrogen and oxygen atoms in total. The van der Waals surface area contributed by atoms with Crippen molar-refractivity contribution in [2.24, 2.45) is 5.92 Å². The van der Waals surface area contributed by atoms with Crippen LogP contribution in [0.15, 0.2) is 0 Å². The van der Waals surface area contributed by atoms with E-state index in [9.17, 15) is 13.6 Å². The SMILES string of the molecule is CCCCCC(SCCCCC(C)(F)F)C(=O)OCC(C)C. The highest BCUT2D eigenvalue weighted by Crippen LogP contribution is 2.24. The summed E-state index contributed by atoms with van der Waals surface area (Å²) in [6.45, 7) is 7.56. The monoisotopic (exact) mass is 338 g/mol. The van der Waals surface area contributed by atoms with Gasteiger partial charge in [0.15, 0.2) is 0 Å². The summed E-state index contributed by atoms with van der Waals surface area (Å²) in [5.41, 5.74) is 0. The molecule has 0 N–H and O–H groups in total. The lowest BCUT2D eigenvalue weighted by Crippen LogP contribution is -2.22. The Bertz CT molecular complexity index is 291. The van der Waals surface area contributed by atoms with Gasteiger partial charge in [-0.1, -0.05) is 40.0 Å². The molecule has 132 valence electrons. The first kappa shape index (κ1) is 21.7. The third kappa shape index (κ3) is 13.4. The van der Waals surface area contributed by atoms with Gasteiger partial charge in [0.25, 0.3) is 0 Å². The molecule has 0 saturated carbocycles. The van der Waals surface area contributed by atoms with E-state index in [4.69, 9.17) is 4.74 Å². The third-order valence-electron chi connectivity index (χ3n) is 3.22. The fourth-order valence-corrected chi connectivity index (χ4v) is 3.15. The summed E-state index contributed by atoms with van der Waals surface area (Å²) in [5.74, 6) is -1.65. The Balaban J connectivity index is 4.09. The maximum absolute atomic E-state index is 12.7. The van der Waals surface area contributed by atoms with Crippen molar-refractivity contribution in [1.29, 1.82) is 0 Å². The van der Waals surface area contributed by atoms with Crippen molar-refractivity contribution in [3.63, 3.8) is 0 Å². The Morgan fingerprint density at radius 3 is 2.41 bits per heavy atom. The first-order valence-electron chi connectivity index (χ1n) is 8.42. The zero-order valence-electron chi connectivity index (χ0n) is 14.5. The molecule has 0 aromatic carbocycles. The number of thioether (sulfide) groups is 1. The highest BCUT2D eigenvalue weighted by atomic mass is 32.2. The number of hydrogen-bond donors (Lipinski definition) is 0. The van der Waals surface area contributed by atoms with E-state index >= 15 is 0 Å². The molecule has 0 fully saturated rings. The lowest BCUT2D eigenvalue weighted by Gasteiger charge is -2.17. The third-order valence-corrected chi connectivity index (χ3v) is 4.58. The van der Waals surface area contributed by atoms with Crippen LogP contribution < -0.4 is 0 Å². The van der Waals surface area contributed by atoms with Gasteiger partial charge in [0.05, 0.1) is 6.61 Å². The van der Waals surface area contributed by atoms with Gasteiger partial charge in [0.1, 0.15) is 5.25 Å². The Kier molecular flexibility index (Phi) is 12.0. The van der Waals surface area contributed by atoms with Gasteiger partial charge in [-0.05, 0) is 37.9 Å². The molecule has 0 spiro atoms. The minimum absolute atomic E-state index is 0.0775. The largest absolute Gasteiger partial charge is 0.465 e. The Morgan fingerprint density at radius 1 is 1.18 bits per heavy atom. The summed E-state index contributed by atoms with van der Waals surface area (Å²) in [7, 11) is 0. The first-order chi connectivity index (χ1) is 10.3. The molecule has 0 amide bonds. The zero-order chi connectivity index (χ0) is 17.0. The molecule has 5 heteroatoms.